The van der Waals surface area contributed by atoms with Crippen LogP contribution in [0.4, 0.5) is 0 Å². The van der Waals surface area contributed by atoms with Crippen LogP contribution in [-0.2, 0) is 22.4 Å². The molecule has 0 fully saturated rings. The predicted molar refractivity (Wildman–Crippen MR) is 70.5 cm³/mol. The Labute approximate surface area is 112 Å². The van der Waals surface area contributed by atoms with E-state index in [9.17, 15) is 9.59 Å². The van der Waals surface area contributed by atoms with Gasteiger partial charge in [0.1, 0.15) is 11.7 Å². The van der Waals surface area contributed by atoms with Gasteiger partial charge >= 0.3 is 5.97 Å². The van der Waals surface area contributed by atoms with E-state index in [1.165, 1.54) is 0 Å². The van der Waals surface area contributed by atoms with Crippen molar-refractivity contribution in [2.24, 2.45) is 5.92 Å². The molecule has 0 aliphatic heterocycles. The van der Waals surface area contributed by atoms with Gasteiger partial charge in [0.15, 0.2) is 5.78 Å². The second-order valence-electron chi connectivity index (χ2n) is 4.55. The van der Waals surface area contributed by atoms with E-state index in [4.69, 9.17) is 9.47 Å². The van der Waals surface area contributed by atoms with E-state index < -0.39 is 11.9 Å². The van der Waals surface area contributed by atoms with Crippen LogP contribution in [0.15, 0.2) is 12.1 Å². The fourth-order valence-corrected chi connectivity index (χ4v) is 2.46. The van der Waals surface area contributed by atoms with Gasteiger partial charge in [-0.15, -0.1) is 0 Å². The Balaban J connectivity index is 2.35. The zero-order chi connectivity index (χ0) is 14.0. The van der Waals surface area contributed by atoms with E-state index in [-0.39, 0.29) is 5.78 Å². The van der Waals surface area contributed by atoms with Gasteiger partial charge in [-0.2, -0.15) is 0 Å². The number of aryl methyl sites for hydroxylation is 1. The topological polar surface area (TPSA) is 52.6 Å². The maximum Gasteiger partial charge on any atom is 0.317 e. The van der Waals surface area contributed by atoms with E-state index in [1.54, 1.807) is 14.0 Å². The van der Waals surface area contributed by atoms with Crippen LogP contribution in [0.2, 0.25) is 0 Å². The third kappa shape index (κ3) is 2.35. The number of Topliss-reactive ketones (excluding diaryl/α,β-unsaturated/α-hetero) is 1. The minimum absolute atomic E-state index is 0.134. The zero-order valence-electron chi connectivity index (χ0n) is 11.5. The highest BCUT2D eigenvalue weighted by Gasteiger charge is 2.37. The van der Waals surface area contributed by atoms with Crippen molar-refractivity contribution >= 4 is 11.8 Å². The summed E-state index contributed by atoms with van der Waals surface area (Å²) in [5.74, 6) is -0.475. The van der Waals surface area contributed by atoms with Crippen LogP contribution in [0.25, 0.3) is 0 Å². The van der Waals surface area contributed by atoms with Gasteiger partial charge in [0.05, 0.1) is 13.7 Å². The molecule has 102 valence electrons. The molecule has 2 rings (SSSR count). The Kier molecular flexibility index (Phi) is 3.88. The molecule has 1 aliphatic rings. The molecule has 1 unspecified atom stereocenters. The van der Waals surface area contributed by atoms with E-state index in [1.807, 2.05) is 19.1 Å². The number of carbonyl (C=O) groups is 2. The summed E-state index contributed by atoms with van der Waals surface area (Å²) in [5.41, 5.74) is 2.49. The molecule has 0 N–H and O–H groups in total. The molecule has 0 radical (unpaired) electrons. The monoisotopic (exact) mass is 262 g/mol. The molecule has 1 atom stereocenters. The van der Waals surface area contributed by atoms with Gasteiger partial charge in [-0.25, -0.2) is 0 Å². The summed E-state index contributed by atoms with van der Waals surface area (Å²) in [6.07, 6.45) is 1.20. The Bertz CT molecular complexity index is 519. The first-order valence-corrected chi connectivity index (χ1v) is 6.53. The number of methoxy groups -OCH3 is 1. The van der Waals surface area contributed by atoms with Crippen LogP contribution in [-0.4, -0.2) is 25.5 Å². The van der Waals surface area contributed by atoms with E-state index in [0.717, 1.165) is 23.3 Å². The van der Waals surface area contributed by atoms with Crippen LogP contribution in [0.5, 0.6) is 5.75 Å². The summed E-state index contributed by atoms with van der Waals surface area (Å²) < 4.78 is 10.3. The normalized spacial score (nSPS) is 17.2. The van der Waals surface area contributed by atoms with Crippen molar-refractivity contribution in [2.75, 3.05) is 13.7 Å². The molecule has 0 heterocycles. The number of rotatable bonds is 4. The van der Waals surface area contributed by atoms with Crippen molar-refractivity contribution in [2.45, 2.75) is 26.7 Å². The van der Waals surface area contributed by atoms with Crippen molar-refractivity contribution in [3.63, 3.8) is 0 Å². The number of ketones is 1. The highest BCUT2D eigenvalue weighted by atomic mass is 16.5. The highest BCUT2D eigenvalue weighted by molar-refractivity contribution is 6.12. The lowest BCUT2D eigenvalue weighted by Gasteiger charge is -2.08. The second kappa shape index (κ2) is 5.43. The van der Waals surface area contributed by atoms with E-state index >= 15 is 0 Å². The Morgan fingerprint density at radius 2 is 2.11 bits per heavy atom. The summed E-state index contributed by atoms with van der Waals surface area (Å²) in [4.78, 5) is 24.0. The van der Waals surface area contributed by atoms with Gasteiger partial charge in [-0.05, 0) is 43.0 Å². The van der Waals surface area contributed by atoms with Gasteiger partial charge in [0, 0.05) is 5.56 Å². The minimum Gasteiger partial charge on any atom is -0.496 e. The average molecular weight is 262 g/mol. The molecule has 4 nitrogen and oxygen atoms in total. The maximum absolute atomic E-state index is 12.2. The summed E-state index contributed by atoms with van der Waals surface area (Å²) >= 11 is 0. The Morgan fingerprint density at radius 3 is 2.68 bits per heavy atom. The molecule has 0 saturated carbocycles. The Hall–Kier alpha value is -1.84. The summed E-state index contributed by atoms with van der Waals surface area (Å²) in [5, 5.41) is 0. The Morgan fingerprint density at radius 1 is 1.37 bits per heavy atom. The fraction of sp³-hybridized carbons (Fsp3) is 0.467. The average Bonchev–Trinajstić information content (AvgIpc) is 2.74. The third-order valence-electron chi connectivity index (χ3n) is 3.46. The number of esters is 1. The van der Waals surface area contributed by atoms with E-state index in [0.29, 0.717) is 18.6 Å². The van der Waals surface area contributed by atoms with Crippen LogP contribution >= 0.6 is 0 Å². The number of benzene rings is 1. The van der Waals surface area contributed by atoms with E-state index in [2.05, 4.69) is 0 Å². The van der Waals surface area contributed by atoms with Crippen LogP contribution in [0, 0.1) is 5.92 Å². The molecule has 4 heteroatoms. The van der Waals surface area contributed by atoms with Crippen molar-refractivity contribution in [1.82, 2.24) is 0 Å². The van der Waals surface area contributed by atoms with Crippen molar-refractivity contribution < 1.29 is 19.1 Å². The first kappa shape index (κ1) is 13.6. The molecule has 0 spiro atoms. The summed E-state index contributed by atoms with van der Waals surface area (Å²) in [7, 11) is 1.61. The quantitative estimate of drug-likeness (QED) is 0.616. The predicted octanol–water partition coefficient (Wildman–Crippen LogP) is 2.18. The molecule has 1 aromatic carbocycles. The maximum atomic E-state index is 12.2. The van der Waals surface area contributed by atoms with Crippen molar-refractivity contribution in [1.29, 1.82) is 0 Å². The molecule has 19 heavy (non-hydrogen) atoms. The summed E-state index contributed by atoms with van der Waals surface area (Å²) in [6.45, 7) is 4.04. The molecule has 0 saturated heterocycles. The van der Waals surface area contributed by atoms with Crippen molar-refractivity contribution in [3.8, 4) is 5.75 Å². The molecule has 1 aromatic rings. The standard InChI is InChI=1S/C15H18O4/c1-4-9-6-11-10(8-13(9)18-3)7-12(14(11)16)15(17)19-5-2/h6,8,12H,4-5,7H2,1-3H3. The molecule has 0 bridgehead atoms. The first-order valence-electron chi connectivity index (χ1n) is 6.53. The second-order valence-corrected chi connectivity index (χ2v) is 4.55. The molecule has 0 aromatic heterocycles. The molecular formula is C15H18O4. The smallest absolute Gasteiger partial charge is 0.317 e. The molecule has 0 amide bonds. The lowest BCUT2D eigenvalue weighted by atomic mass is 10.0. The highest BCUT2D eigenvalue weighted by Crippen LogP contribution is 2.33. The summed E-state index contributed by atoms with van der Waals surface area (Å²) in [6, 6.07) is 3.71. The van der Waals surface area contributed by atoms with Gasteiger partial charge in [-0.1, -0.05) is 6.92 Å². The fourth-order valence-electron chi connectivity index (χ4n) is 2.46. The van der Waals surface area contributed by atoms with Crippen LogP contribution in [0.3, 0.4) is 0 Å². The SMILES string of the molecule is CCOC(=O)C1Cc2cc(OC)c(CC)cc2C1=O. The number of carbonyl (C=O) groups excluding carboxylic acids is 2. The van der Waals surface area contributed by atoms with Gasteiger partial charge in [0.2, 0.25) is 0 Å². The number of hydrogen-bond acceptors (Lipinski definition) is 4. The lowest BCUT2D eigenvalue weighted by molar-refractivity contribution is -0.145. The number of fused-ring (bicyclic) bond motifs is 1. The molecular weight excluding hydrogens is 244 g/mol. The third-order valence-corrected chi connectivity index (χ3v) is 3.46. The first-order chi connectivity index (χ1) is 9.12. The minimum atomic E-state index is -0.688. The van der Waals surface area contributed by atoms with Crippen LogP contribution in [0.1, 0.15) is 35.3 Å². The number of ether oxygens (including phenoxy) is 2. The lowest BCUT2D eigenvalue weighted by Crippen LogP contribution is -2.23. The number of hydrogen-bond donors (Lipinski definition) is 0. The van der Waals surface area contributed by atoms with Crippen molar-refractivity contribution in [3.05, 3.63) is 28.8 Å². The van der Waals surface area contributed by atoms with Gasteiger partial charge in [-0.3, -0.25) is 9.59 Å². The van der Waals surface area contributed by atoms with Gasteiger partial charge in [0.25, 0.3) is 0 Å². The largest absolute Gasteiger partial charge is 0.496 e. The van der Waals surface area contributed by atoms with Gasteiger partial charge < -0.3 is 9.47 Å². The molecule has 1 aliphatic carbocycles. The zero-order valence-corrected chi connectivity index (χ0v) is 11.5. The van der Waals surface area contributed by atoms with Crippen LogP contribution < -0.4 is 4.74 Å².